The van der Waals surface area contributed by atoms with Crippen molar-refractivity contribution in [3.8, 4) is 11.4 Å². The highest BCUT2D eigenvalue weighted by atomic mass is 19.1. The van der Waals surface area contributed by atoms with Crippen molar-refractivity contribution in [2.75, 3.05) is 31.1 Å². The van der Waals surface area contributed by atoms with Gasteiger partial charge in [0, 0.05) is 44.4 Å². The molecule has 0 unspecified atom stereocenters. The number of anilines is 1. The number of carbonyl (C=O) groups excluding carboxylic acids is 1. The van der Waals surface area contributed by atoms with E-state index in [1.54, 1.807) is 40.9 Å². The summed E-state index contributed by atoms with van der Waals surface area (Å²) in [5, 5.41) is 11.4. The minimum absolute atomic E-state index is 0.0415. The molecule has 2 aromatic carbocycles. The van der Waals surface area contributed by atoms with Gasteiger partial charge in [-0.2, -0.15) is 0 Å². The number of para-hydroxylation sites is 1. The van der Waals surface area contributed by atoms with Gasteiger partial charge in [0.05, 0.1) is 5.69 Å². The van der Waals surface area contributed by atoms with Crippen LogP contribution in [0, 0.1) is 5.82 Å². The monoisotopic (exact) mass is 366 g/mol. The fourth-order valence-electron chi connectivity index (χ4n) is 3.31. The van der Waals surface area contributed by atoms with Crippen molar-refractivity contribution in [3.63, 3.8) is 0 Å². The van der Waals surface area contributed by atoms with Gasteiger partial charge in [0.2, 0.25) is 0 Å². The summed E-state index contributed by atoms with van der Waals surface area (Å²) >= 11 is 0. The topological polar surface area (TPSA) is 67.2 Å². The van der Waals surface area contributed by atoms with Gasteiger partial charge in [0.25, 0.3) is 5.91 Å². The van der Waals surface area contributed by atoms with Crippen molar-refractivity contribution < 1.29 is 9.18 Å². The second kappa shape index (κ2) is 7.14. The first-order valence-corrected chi connectivity index (χ1v) is 8.75. The number of aromatic nitrogens is 4. The van der Waals surface area contributed by atoms with Gasteiger partial charge >= 0.3 is 0 Å². The zero-order chi connectivity index (χ0) is 18.8. The van der Waals surface area contributed by atoms with Crippen LogP contribution in [0.5, 0.6) is 0 Å². The molecule has 3 aromatic rings. The van der Waals surface area contributed by atoms with Gasteiger partial charge < -0.3 is 9.80 Å². The molecule has 1 saturated heterocycles. The molecule has 1 aliphatic rings. The summed E-state index contributed by atoms with van der Waals surface area (Å²) in [5.41, 5.74) is 1.97. The van der Waals surface area contributed by atoms with Gasteiger partial charge in [0.15, 0.2) is 5.82 Å². The molecule has 27 heavy (non-hydrogen) atoms. The summed E-state index contributed by atoms with van der Waals surface area (Å²) < 4.78 is 15.5. The Bertz CT molecular complexity index is 964. The smallest absolute Gasteiger partial charge is 0.253 e. The van der Waals surface area contributed by atoms with Crippen molar-refractivity contribution in [2.45, 2.75) is 0 Å². The summed E-state index contributed by atoms with van der Waals surface area (Å²) in [6, 6.07) is 14.0. The van der Waals surface area contributed by atoms with E-state index in [0.29, 0.717) is 43.3 Å². The molecule has 4 rings (SSSR count). The minimum Gasteiger partial charge on any atom is -0.366 e. The standard InChI is InChI=1S/C19H19FN6O/c1-24-18(21-22-23-24)14-5-4-6-15(13-14)19(27)26-11-9-25(10-12-26)17-8-3-2-7-16(17)20/h2-8,13H,9-12H2,1H3. The Morgan fingerprint density at radius 1 is 1.04 bits per heavy atom. The quantitative estimate of drug-likeness (QED) is 0.709. The van der Waals surface area contributed by atoms with Crippen LogP contribution in [0.15, 0.2) is 48.5 Å². The fraction of sp³-hybridized carbons (Fsp3) is 0.263. The molecule has 2 heterocycles. The van der Waals surface area contributed by atoms with Crippen molar-refractivity contribution >= 4 is 11.6 Å². The number of amides is 1. The van der Waals surface area contributed by atoms with Gasteiger partial charge in [0.1, 0.15) is 5.82 Å². The third-order valence-electron chi connectivity index (χ3n) is 4.75. The van der Waals surface area contributed by atoms with E-state index < -0.39 is 0 Å². The maximum Gasteiger partial charge on any atom is 0.253 e. The van der Waals surface area contributed by atoms with E-state index in [1.165, 1.54) is 6.07 Å². The van der Waals surface area contributed by atoms with Crippen molar-refractivity contribution in [3.05, 3.63) is 59.9 Å². The lowest BCUT2D eigenvalue weighted by Crippen LogP contribution is -2.49. The number of carbonyl (C=O) groups is 1. The predicted octanol–water partition coefficient (Wildman–Crippen LogP) is 1.98. The third kappa shape index (κ3) is 3.38. The number of tetrazole rings is 1. The summed E-state index contributed by atoms with van der Waals surface area (Å²) in [6.45, 7) is 2.28. The van der Waals surface area contributed by atoms with Crippen molar-refractivity contribution in [1.82, 2.24) is 25.1 Å². The largest absolute Gasteiger partial charge is 0.366 e. The highest BCUT2D eigenvalue weighted by Gasteiger charge is 2.24. The van der Waals surface area contributed by atoms with Crippen LogP contribution >= 0.6 is 0 Å². The molecule has 1 aliphatic heterocycles. The second-order valence-electron chi connectivity index (χ2n) is 6.44. The molecule has 0 N–H and O–H groups in total. The van der Waals surface area contributed by atoms with Crippen LogP contribution in [-0.4, -0.2) is 57.2 Å². The number of piperazine rings is 1. The second-order valence-corrected chi connectivity index (χ2v) is 6.44. The molecule has 0 saturated carbocycles. The van der Waals surface area contributed by atoms with E-state index in [1.807, 2.05) is 23.1 Å². The van der Waals surface area contributed by atoms with Gasteiger partial charge in [-0.15, -0.1) is 5.10 Å². The lowest BCUT2D eigenvalue weighted by atomic mass is 10.1. The average molecular weight is 366 g/mol. The number of aryl methyl sites for hydroxylation is 1. The molecule has 0 radical (unpaired) electrons. The molecule has 8 heteroatoms. The Labute approximate surface area is 156 Å². The first kappa shape index (κ1) is 17.1. The van der Waals surface area contributed by atoms with Gasteiger partial charge in [-0.3, -0.25) is 4.79 Å². The Morgan fingerprint density at radius 2 is 1.81 bits per heavy atom. The number of hydrogen-bond acceptors (Lipinski definition) is 5. The predicted molar refractivity (Wildman–Crippen MR) is 98.8 cm³/mol. The van der Waals surface area contributed by atoms with E-state index in [4.69, 9.17) is 0 Å². The third-order valence-corrected chi connectivity index (χ3v) is 4.75. The molecule has 1 amide bonds. The molecular formula is C19H19FN6O. The van der Waals surface area contributed by atoms with E-state index in [-0.39, 0.29) is 11.7 Å². The summed E-state index contributed by atoms with van der Waals surface area (Å²) in [6.07, 6.45) is 0. The molecule has 0 atom stereocenters. The molecule has 138 valence electrons. The molecule has 0 bridgehead atoms. The van der Waals surface area contributed by atoms with E-state index in [9.17, 15) is 9.18 Å². The number of nitrogens with zero attached hydrogens (tertiary/aromatic N) is 6. The van der Waals surface area contributed by atoms with Crippen molar-refractivity contribution in [2.24, 2.45) is 7.05 Å². The Balaban J connectivity index is 1.47. The zero-order valence-corrected chi connectivity index (χ0v) is 14.9. The Morgan fingerprint density at radius 3 is 2.52 bits per heavy atom. The summed E-state index contributed by atoms with van der Waals surface area (Å²) in [4.78, 5) is 16.7. The molecular weight excluding hydrogens is 347 g/mol. The van der Waals surface area contributed by atoms with Crippen LogP contribution in [0.2, 0.25) is 0 Å². The van der Waals surface area contributed by atoms with Crippen molar-refractivity contribution in [1.29, 1.82) is 0 Å². The number of halogens is 1. The molecule has 1 aromatic heterocycles. The first-order chi connectivity index (χ1) is 13.1. The van der Waals surface area contributed by atoms with Crippen LogP contribution in [0.25, 0.3) is 11.4 Å². The lowest BCUT2D eigenvalue weighted by Gasteiger charge is -2.36. The number of hydrogen-bond donors (Lipinski definition) is 0. The Hall–Kier alpha value is -3.29. The van der Waals surface area contributed by atoms with E-state index in [0.717, 1.165) is 5.56 Å². The van der Waals surface area contributed by atoms with Crippen LogP contribution in [-0.2, 0) is 7.05 Å². The SMILES string of the molecule is Cn1nnnc1-c1cccc(C(=O)N2CCN(c3ccccc3F)CC2)c1. The number of benzene rings is 2. The minimum atomic E-state index is -0.234. The average Bonchev–Trinajstić information content (AvgIpc) is 3.14. The molecule has 0 spiro atoms. The van der Waals surface area contributed by atoms with E-state index in [2.05, 4.69) is 15.5 Å². The highest BCUT2D eigenvalue weighted by Crippen LogP contribution is 2.22. The fourth-order valence-corrected chi connectivity index (χ4v) is 3.31. The van der Waals surface area contributed by atoms with Gasteiger partial charge in [-0.1, -0.05) is 24.3 Å². The summed E-state index contributed by atoms with van der Waals surface area (Å²) in [7, 11) is 1.76. The highest BCUT2D eigenvalue weighted by molar-refractivity contribution is 5.95. The normalized spacial score (nSPS) is 14.4. The molecule has 7 nitrogen and oxygen atoms in total. The first-order valence-electron chi connectivity index (χ1n) is 8.75. The van der Waals surface area contributed by atoms with Gasteiger partial charge in [-0.25, -0.2) is 9.07 Å². The zero-order valence-electron chi connectivity index (χ0n) is 14.9. The summed E-state index contributed by atoms with van der Waals surface area (Å²) in [5.74, 6) is 0.330. The van der Waals surface area contributed by atoms with Gasteiger partial charge in [-0.05, 0) is 34.7 Å². The number of rotatable bonds is 3. The Kier molecular flexibility index (Phi) is 4.53. The maximum absolute atomic E-state index is 14.0. The molecule has 0 aliphatic carbocycles. The maximum atomic E-state index is 14.0. The van der Waals surface area contributed by atoms with Crippen LogP contribution in [0.1, 0.15) is 10.4 Å². The van der Waals surface area contributed by atoms with Crippen LogP contribution in [0.4, 0.5) is 10.1 Å². The molecule has 1 fully saturated rings. The van der Waals surface area contributed by atoms with Crippen LogP contribution < -0.4 is 4.90 Å². The lowest BCUT2D eigenvalue weighted by molar-refractivity contribution is 0.0746. The van der Waals surface area contributed by atoms with Crippen LogP contribution in [0.3, 0.4) is 0 Å². The van der Waals surface area contributed by atoms with E-state index >= 15 is 0 Å².